The lowest BCUT2D eigenvalue weighted by atomic mass is 10.1. The molecule has 2 heterocycles. The summed E-state index contributed by atoms with van der Waals surface area (Å²) in [5.41, 5.74) is 3.94. The Kier molecular flexibility index (Phi) is 5.48. The van der Waals surface area contributed by atoms with Crippen molar-refractivity contribution in [3.63, 3.8) is 0 Å². The molecule has 0 aliphatic carbocycles. The minimum absolute atomic E-state index is 0.0264. The number of aromatic nitrogens is 1. The van der Waals surface area contributed by atoms with E-state index in [1.165, 1.54) is 12.3 Å². The Morgan fingerprint density at radius 2 is 1.97 bits per heavy atom. The molecule has 4 N–H and O–H groups in total. The van der Waals surface area contributed by atoms with Crippen molar-refractivity contribution in [1.29, 1.82) is 0 Å². The Morgan fingerprint density at radius 3 is 2.81 bits per heavy atom. The molecule has 9 heteroatoms. The van der Waals surface area contributed by atoms with E-state index < -0.39 is 6.16 Å². The fraction of sp³-hybridized carbons (Fsp3) is 0.0909. The third-order valence-corrected chi connectivity index (χ3v) is 4.64. The number of rotatable bonds is 6. The lowest BCUT2D eigenvalue weighted by Crippen LogP contribution is -2.15. The molecule has 156 valence electrons. The quantitative estimate of drug-likeness (QED) is 0.451. The first-order chi connectivity index (χ1) is 15.0. The van der Waals surface area contributed by atoms with E-state index in [9.17, 15) is 14.4 Å². The predicted molar refractivity (Wildman–Crippen MR) is 113 cm³/mol. The third-order valence-electron chi connectivity index (χ3n) is 4.64. The predicted octanol–water partition coefficient (Wildman–Crippen LogP) is 3.50. The summed E-state index contributed by atoms with van der Waals surface area (Å²) in [4.78, 5) is 38.9. The molecule has 0 unspecified atom stereocenters. The van der Waals surface area contributed by atoms with Gasteiger partial charge in [-0.1, -0.05) is 18.2 Å². The number of para-hydroxylation sites is 1. The Morgan fingerprint density at radius 1 is 1.13 bits per heavy atom. The summed E-state index contributed by atoms with van der Waals surface area (Å²) in [6.45, 7) is 0.327. The number of amides is 2. The first kappa shape index (κ1) is 19.9. The van der Waals surface area contributed by atoms with Gasteiger partial charge in [-0.05, 0) is 41.5 Å². The summed E-state index contributed by atoms with van der Waals surface area (Å²) in [7, 11) is 0. The van der Waals surface area contributed by atoms with Gasteiger partial charge in [0, 0.05) is 35.9 Å². The second-order valence-corrected chi connectivity index (χ2v) is 6.82. The summed E-state index contributed by atoms with van der Waals surface area (Å²) in [5, 5.41) is 17.5. The number of nitrogens with zero attached hydrogens (tertiary/aromatic N) is 1. The van der Waals surface area contributed by atoms with Crippen LogP contribution < -0.4 is 20.7 Å². The van der Waals surface area contributed by atoms with E-state index in [2.05, 4.69) is 25.7 Å². The highest BCUT2D eigenvalue weighted by atomic mass is 16.7. The Bertz CT molecular complexity index is 1180. The van der Waals surface area contributed by atoms with Crippen molar-refractivity contribution in [3.8, 4) is 5.88 Å². The molecule has 4 rings (SSSR count). The molecule has 0 bridgehead atoms. The molecule has 0 radical (unpaired) electrons. The van der Waals surface area contributed by atoms with Crippen molar-refractivity contribution in [3.05, 3.63) is 77.5 Å². The second kappa shape index (κ2) is 8.54. The average Bonchev–Trinajstić information content (AvgIpc) is 3.11. The van der Waals surface area contributed by atoms with E-state index in [1.54, 1.807) is 42.5 Å². The SMILES string of the molecule is O=C1Cc2ccc(NC(=O)c3ccccc3NCc3ccnc(OC(=O)O)c3)cc2N1. The molecule has 3 aromatic rings. The molecule has 9 nitrogen and oxygen atoms in total. The van der Waals surface area contributed by atoms with Crippen LogP contribution in [0.1, 0.15) is 21.5 Å². The van der Waals surface area contributed by atoms with Crippen molar-refractivity contribution in [2.75, 3.05) is 16.0 Å². The molecule has 1 aliphatic heterocycles. The normalized spacial score (nSPS) is 11.9. The topological polar surface area (TPSA) is 130 Å². The number of nitrogens with one attached hydrogen (secondary N) is 3. The number of anilines is 3. The molecular formula is C22H18N4O5. The third kappa shape index (κ3) is 4.78. The number of carbonyl (C=O) groups is 3. The minimum Gasteiger partial charge on any atom is -0.449 e. The number of fused-ring (bicyclic) bond motifs is 1. The molecule has 31 heavy (non-hydrogen) atoms. The fourth-order valence-corrected chi connectivity index (χ4v) is 3.23. The minimum atomic E-state index is -1.44. The molecule has 0 fully saturated rings. The Labute approximate surface area is 177 Å². The molecule has 0 atom stereocenters. The maximum Gasteiger partial charge on any atom is 0.512 e. The number of hydrogen-bond acceptors (Lipinski definition) is 6. The van der Waals surface area contributed by atoms with Crippen LogP contribution in [0.3, 0.4) is 0 Å². The molecule has 0 spiro atoms. The van der Waals surface area contributed by atoms with Gasteiger partial charge in [0.25, 0.3) is 5.91 Å². The lowest BCUT2D eigenvalue weighted by Gasteiger charge is -2.13. The van der Waals surface area contributed by atoms with Gasteiger partial charge >= 0.3 is 6.16 Å². The molecule has 0 saturated heterocycles. The summed E-state index contributed by atoms with van der Waals surface area (Å²) < 4.78 is 4.56. The molecule has 0 saturated carbocycles. The van der Waals surface area contributed by atoms with Crippen LogP contribution >= 0.6 is 0 Å². The van der Waals surface area contributed by atoms with Crippen molar-refractivity contribution in [2.24, 2.45) is 0 Å². The van der Waals surface area contributed by atoms with Crippen molar-refractivity contribution in [1.82, 2.24) is 4.98 Å². The highest BCUT2D eigenvalue weighted by Crippen LogP contribution is 2.27. The van der Waals surface area contributed by atoms with Gasteiger partial charge in [0.05, 0.1) is 12.0 Å². The molecule has 2 amide bonds. The van der Waals surface area contributed by atoms with Crippen LogP contribution in [-0.2, 0) is 17.8 Å². The number of benzene rings is 2. The van der Waals surface area contributed by atoms with E-state index in [0.29, 0.717) is 35.6 Å². The number of carbonyl (C=O) groups excluding carboxylic acids is 2. The van der Waals surface area contributed by atoms with Crippen molar-refractivity contribution in [2.45, 2.75) is 13.0 Å². The van der Waals surface area contributed by atoms with Crippen molar-refractivity contribution >= 4 is 35.0 Å². The van der Waals surface area contributed by atoms with Crippen LogP contribution in [0.25, 0.3) is 0 Å². The van der Waals surface area contributed by atoms with E-state index in [1.807, 2.05) is 6.07 Å². The van der Waals surface area contributed by atoms with Gasteiger partial charge in [0.15, 0.2) is 0 Å². The monoisotopic (exact) mass is 418 g/mol. The van der Waals surface area contributed by atoms with Crippen LogP contribution in [0.2, 0.25) is 0 Å². The Hall–Kier alpha value is -4.40. The van der Waals surface area contributed by atoms with Crippen LogP contribution in [0.15, 0.2) is 60.8 Å². The summed E-state index contributed by atoms with van der Waals surface area (Å²) in [5.74, 6) is -0.403. The highest BCUT2D eigenvalue weighted by molar-refractivity contribution is 6.08. The standard InChI is InChI=1S/C22H18N4O5/c27-19-10-14-5-6-15(11-18(14)26-19)25-21(28)16-3-1-2-4-17(16)24-12-13-7-8-23-20(9-13)31-22(29)30/h1-9,11,24H,10,12H2,(H,25,28)(H,26,27)(H,29,30). The first-order valence-corrected chi connectivity index (χ1v) is 9.40. The van der Waals surface area contributed by atoms with Gasteiger partial charge in [-0.3, -0.25) is 9.59 Å². The molecule has 1 aliphatic rings. The van der Waals surface area contributed by atoms with Crippen molar-refractivity contribution < 1.29 is 24.2 Å². The van der Waals surface area contributed by atoms with Gasteiger partial charge in [0.1, 0.15) is 0 Å². The molecular weight excluding hydrogens is 400 g/mol. The lowest BCUT2D eigenvalue weighted by molar-refractivity contribution is -0.115. The fourth-order valence-electron chi connectivity index (χ4n) is 3.23. The second-order valence-electron chi connectivity index (χ2n) is 6.82. The average molecular weight is 418 g/mol. The summed E-state index contributed by atoms with van der Waals surface area (Å²) >= 11 is 0. The zero-order chi connectivity index (χ0) is 21.8. The largest absolute Gasteiger partial charge is 0.512 e. The van der Waals surface area contributed by atoms with Gasteiger partial charge in [-0.15, -0.1) is 0 Å². The van der Waals surface area contributed by atoms with Crippen LogP contribution in [0.5, 0.6) is 5.88 Å². The summed E-state index contributed by atoms with van der Waals surface area (Å²) in [6.07, 6.45) is 0.344. The van der Waals surface area contributed by atoms with Gasteiger partial charge in [-0.25, -0.2) is 9.78 Å². The van der Waals surface area contributed by atoms with Gasteiger partial charge in [0.2, 0.25) is 11.8 Å². The summed E-state index contributed by atoms with van der Waals surface area (Å²) in [6, 6.07) is 15.5. The highest BCUT2D eigenvalue weighted by Gasteiger charge is 2.18. The van der Waals surface area contributed by atoms with E-state index in [0.717, 1.165) is 11.1 Å². The Balaban J connectivity index is 1.46. The van der Waals surface area contributed by atoms with Gasteiger partial charge in [-0.2, -0.15) is 0 Å². The number of carboxylic acid groups (broad SMARTS) is 1. The maximum atomic E-state index is 12.9. The molecule has 2 aromatic carbocycles. The van der Waals surface area contributed by atoms with E-state index >= 15 is 0 Å². The van der Waals surface area contributed by atoms with Crippen LogP contribution in [-0.4, -0.2) is 28.1 Å². The zero-order valence-corrected chi connectivity index (χ0v) is 16.2. The number of pyridine rings is 1. The first-order valence-electron chi connectivity index (χ1n) is 9.40. The zero-order valence-electron chi connectivity index (χ0n) is 16.2. The number of hydrogen-bond donors (Lipinski definition) is 4. The van der Waals surface area contributed by atoms with Gasteiger partial charge < -0.3 is 25.8 Å². The van der Waals surface area contributed by atoms with Crippen LogP contribution in [0.4, 0.5) is 21.9 Å². The maximum absolute atomic E-state index is 12.9. The van der Waals surface area contributed by atoms with E-state index in [-0.39, 0.29) is 17.7 Å². The van der Waals surface area contributed by atoms with E-state index in [4.69, 9.17) is 5.11 Å². The number of ether oxygens (including phenoxy) is 1. The van der Waals surface area contributed by atoms with Crippen LogP contribution in [0, 0.1) is 0 Å². The molecule has 1 aromatic heterocycles. The smallest absolute Gasteiger partial charge is 0.449 e.